The highest BCUT2D eigenvalue weighted by Gasteiger charge is 2.25. The van der Waals surface area contributed by atoms with Gasteiger partial charge in [-0.15, -0.1) is 0 Å². The van der Waals surface area contributed by atoms with Crippen molar-refractivity contribution in [3.8, 4) is 5.75 Å². The van der Waals surface area contributed by atoms with Gasteiger partial charge < -0.3 is 14.5 Å². The van der Waals surface area contributed by atoms with Crippen LogP contribution >= 0.6 is 0 Å². The number of benzene rings is 1. The van der Waals surface area contributed by atoms with Crippen LogP contribution in [0, 0.1) is 13.8 Å². The molecule has 1 aromatic carbocycles. The van der Waals surface area contributed by atoms with Crippen LogP contribution in [-0.2, 0) is 4.79 Å². The van der Waals surface area contributed by atoms with Crippen LogP contribution < -0.4 is 4.74 Å². The van der Waals surface area contributed by atoms with Crippen molar-refractivity contribution in [3.05, 3.63) is 29.3 Å². The van der Waals surface area contributed by atoms with Crippen molar-refractivity contribution in [2.75, 3.05) is 32.7 Å². The molecule has 0 radical (unpaired) electrons. The van der Waals surface area contributed by atoms with Gasteiger partial charge in [-0.1, -0.05) is 19.1 Å². The Kier molecular flexibility index (Phi) is 5.23. The van der Waals surface area contributed by atoms with Gasteiger partial charge in [0.05, 0.1) is 0 Å². The zero-order valence-electron chi connectivity index (χ0n) is 13.6. The monoisotopic (exact) mass is 290 g/mol. The molecule has 0 saturated carbocycles. The van der Waals surface area contributed by atoms with E-state index in [9.17, 15) is 4.79 Å². The fourth-order valence-corrected chi connectivity index (χ4v) is 2.63. The Morgan fingerprint density at radius 2 is 1.90 bits per heavy atom. The highest BCUT2D eigenvalue weighted by Crippen LogP contribution is 2.22. The molecule has 4 nitrogen and oxygen atoms in total. The molecule has 1 aromatic rings. The zero-order valence-corrected chi connectivity index (χ0v) is 13.6. The van der Waals surface area contributed by atoms with E-state index >= 15 is 0 Å². The Morgan fingerprint density at radius 3 is 2.52 bits per heavy atom. The number of hydrogen-bond acceptors (Lipinski definition) is 3. The summed E-state index contributed by atoms with van der Waals surface area (Å²) in [6, 6.07) is 5.95. The molecule has 4 heteroatoms. The maximum atomic E-state index is 12.5. The summed E-state index contributed by atoms with van der Waals surface area (Å²) in [5, 5.41) is 0. The first-order valence-corrected chi connectivity index (χ1v) is 7.77. The summed E-state index contributed by atoms with van der Waals surface area (Å²) in [5.74, 6) is 0.898. The highest BCUT2D eigenvalue weighted by atomic mass is 16.5. The molecule has 0 unspecified atom stereocenters. The second kappa shape index (κ2) is 6.94. The molecule has 1 amide bonds. The molecule has 21 heavy (non-hydrogen) atoms. The van der Waals surface area contributed by atoms with Crippen LogP contribution in [-0.4, -0.2) is 54.5 Å². The van der Waals surface area contributed by atoms with Gasteiger partial charge in [-0.2, -0.15) is 0 Å². The van der Waals surface area contributed by atoms with Crippen LogP contribution in [0.3, 0.4) is 0 Å². The molecule has 0 spiro atoms. The molecule has 0 bridgehead atoms. The van der Waals surface area contributed by atoms with Crippen molar-refractivity contribution in [2.24, 2.45) is 0 Å². The maximum absolute atomic E-state index is 12.5. The van der Waals surface area contributed by atoms with Crippen molar-refractivity contribution < 1.29 is 9.53 Å². The number of carbonyl (C=O) groups excluding carboxylic acids is 1. The van der Waals surface area contributed by atoms with Gasteiger partial charge in [0.2, 0.25) is 0 Å². The third-order valence-corrected chi connectivity index (χ3v) is 4.34. The largest absolute Gasteiger partial charge is 0.481 e. The highest BCUT2D eigenvalue weighted by molar-refractivity contribution is 5.81. The summed E-state index contributed by atoms with van der Waals surface area (Å²) in [4.78, 5) is 16.8. The van der Waals surface area contributed by atoms with Gasteiger partial charge in [-0.25, -0.2) is 0 Å². The first-order chi connectivity index (χ1) is 10.0. The second-order valence-corrected chi connectivity index (χ2v) is 5.72. The minimum atomic E-state index is -0.432. The van der Waals surface area contributed by atoms with Gasteiger partial charge >= 0.3 is 0 Å². The van der Waals surface area contributed by atoms with E-state index in [2.05, 4.69) is 24.8 Å². The molecule has 2 rings (SSSR count). The Labute approximate surface area is 127 Å². The van der Waals surface area contributed by atoms with Crippen LogP contribution in [0.1, 0.15) is 25.0 Å². The number of ether oxygens (including phenoxy) is 1. The number of rotatable bonds is 4. The molecule has 1 heterocycles. The first kappa shape index (κ1) is 15.8. The molecule has 1 fully saturated rings. The number of aryl methyl sites for hydroxylation is 1. The summed E-state index contributed by atoms with van der Waals surface area (Å²) in [6.45, 7) is 12.6. The van der Waals surface area contributed by atoms with Crippen molar-refractivity contribution in [2.45, 2.75) is 33.8 Å². The second-order valence-electron chi connectivity index (χ2n) is 5.72. The lowest BCUT2D eigenvalue weighted by Gasteiger charge is -2.35. The van der Waals surface area contributed by atoms with Crippen molar-refractivity contribution in [3.63, 3.8) is 0 Å². The van der Waals surface area contributed by atoms with E-state index in [1.54, 1.807) is 0 Å². The standard InChI is InChI=1S/C17H26N2O2/c1-5-18-9-11-19(12-10-18)17(20)15(4)21-16-8-6-7-13(2)14(16)3/h6-8,15H,5,9-12H2,1-4H3/t15-/m0/s1. The topological polar surface area (TPSA) is 32.8 Å². The van der Waals surface area contributed by atoms with Crippen LogP contribution in [0.15, 0.2) is 18.2 Å². The number of piperazine rings is 1. The minimum Gasteiger partial charge on any atom is -0.481 e. The molecule has 0 aromatic heterocycles. The third kappa shape index (κ3) is 3.76. The smallest absolute Gasteiger partial charge is 0.263 e. The number of carbonyl (C=O) groups is 1. The number of hydrogen-bond donors (Lipinski definition) is 0. The lowest BCUT2D eigenvalue weighted by atomic mass is 10.1. The summed E-state index contributed by atoms with van der Waals surface area (Å²) in [7, 11) is 0. The lowest BCUT2D eigenvalue weighted by molar-refractivity contribution is -0.139. The molecule has 1 saturated heterocycles. The lowest BCUT2D eigenvalue weighted by Crippen LogP contribution is -2.51. The van der Waals surface area contributed by atoms with Crippen molar-refractivity contribution in [1.82, 2.24) is 9.80 Å². The maximum Gasteiger partial charge on any atom is 0.263 e. The zero-order chi connectivity index (χ0) is 15.4. The molecule has 1 atom stereocenters. The van der Waals surface area contributed by atoms with E-state index in [4.69, 9.17) is 4.74 Å². The Morgan fingerprint density at radius 1 is 1.24 bits per heavy atom. The molecular formula is C17H26N2O2. The summed E-state index contributed by atoms with van der Waals surface area (Å²) >= 11 is 0. The van der Waals surface area contributed by atoms with Crippen LogP contribution in [0.2, 0.25) is 0 Å². The number of nitrogens with zero attached hydrogens (tertiary/aromatic N) is 2. The fourth-order valence-electron chi connectivity index (χ4n) is 2.63. The molecule has 1 aliphatic rings. The molecule has 0 aliphatic carbocycles. The predicted molar refractivity (Wildman–Crippen MR) is 84.7 cm³/mol. The molecular weight excluding hydrogens is 264 g/mol. The van der Waals surface area contributed by atoms with Crippen molar-refractivity contribution in [1.29, 1.82) is 0 Å². The Bertz CT molecular complexity index is 494. The number of likely N-dealkylation sites (N-methyl/N-ethyl adjacent to an activating group) is 1. The normalized spacial score (nSPS) is 17.6. The SMILES string of the molecule is CCN1CCN(C(=O)[C@H](C)Oc2cccc(C)c2C)CC1. The average Bonchev–Trinajstić information content (AvgIpc) is 2.51. The van der Waals surface area contributed by atoms with Gasteiger partial charge in [-0.05, 0) is 44.5 Å². The third-order valence-electron chi connectivity index (χ3n) is 4.34. The Balaban J connectivity index is 1.95. The van der Waals surface area contributed by atoms with Crippen LogP contribution in [0.4, 0.5) is 0 Å². The van der Waals surface area contributed by atoms with E-state index in [1.165, 1.54) is 5.56 Å². The average molecular weight is 290 g/mol. The van der Waals surface area contributed by atoms with E-state index in [1.807, 2.05) is 30.9 Å². The van der Waals surface area contributed by atoms with Gasteiger partial charge in [0.25, 0.3) is 5.91 Å². The molecule has 1 aliphatic heterocycles. The summed E-state index contributed by atoms with van der Waals surface area (Å²) < 4.78 is 5.89. The summed E-state index contributed by atoms with van der Waals surface area (Å²) in [6.07, 6.45) is -0.432. The summed E-state index contributed by atoms with van der Waals surface area (Å²) in [5.41, 5.74) is 2.29. The van der Waals surface area contributed by atoms with Gasteiger partial charge in [0.1, 0.15) is 5.75 Å². The quantitative estimate of drug-likeness (QED) is 0.852. The minimum absolute atomic E-state index is 0.0895. The van der Waals surface area contributed by atoms with Crippen molar-refractivity contribution >= 4 is 5.91 Å². The van der Waals surface area contributed by atoms with Gasteiger partial charge in [0.15, 0.2) is 6.10 Å². The Hall–Kier alpha value is -1.55. The predicted octanol–water partition coefficient (Wildman–Crippen LogP) is 2.23. The van der Waals surface area contributed by atoms with Gasteiger partial charge in [-0.3, -0.25) is 4.79 Å². The molecule has 116 valence electrons. The van der Waals surface area contributed by atoms with E-state index in [-0.39, 0.29) is 5.91 Å². The van der Waals surface area contributed by atoms with E-state index in [0.717, 1.165) is 44.0 Å². The van der Waals surface area contributed by atoms with E-state index in [0.29, 0.717) is 0 Å². The van der Waals surface area contributed by atoms with Crippen LogP contribution in [0.5, 0.6) is 5.75 Å². The number of amides is 1. The fraction of sp³-hybridized carbons (Fsp3) is 0.588. The molecule has 0 N–H and O–H groups in total. The van der Waals surface area contributed by atoms with Gasteiger partial charge in [0, 0.05) is 26.2 Å². The van der Waals surface area contributed by atoms with Crippen LogP contribution in [0.25, 0.3) is 0 Å². The van der Waals surface area contributed by atoms with E-state index < -0.39 is 6.10 Å². The first-order valence-electron chi connectivity index (χ1n) is 7.77.